The standard InChI is InChI=1S/C28H27NO3/c30-28-24-13-15-29(16-14-24)25(28)17-23-11-12-26(31-19-21-7-3-1-4-8-21)27(18-23)32-20-22-9-5-2-6-10-22/h1-12,17-18,24H,13-16,19-20H2/b25-17+. The highest BCUT2D eigenvalue weighted by Crippen LogP contribution is 2.35. The minimum Gasteiger partial charge on any atom is -0.485 e. The van der Waals surface area contributed by atoms with E-state index in [1.807, 2.05) is 84.9 Å². The summed E-state index contributed by atoms with van der Waals surface area (Å²) < 4.78 is 12.3. The highest BCUT2D eigenvalue weighted by atomic mass is 16.5. The number of piperidine rings is 3. The molecule has 0 aromatic heterocycles. The molecule has 4 heteroatoms. The monoisotopic (exact) mass is 425 g/mol. The van der Waals surface area contributed by atoms with Crippen molar-refractivity contribution < 1.29 is 14.3 Å². The average Bonchev–Trinajstić information content (AvgIpc) is 2.86. The van der Waals surface area contributed by atoms with Gasteiger partial charge in [-0.25, -0.2) is 0 Å². The van der Waals surface area contributed by atoms with Crippen LogP contribution < -0.4 is 9.47 Å². The molecular weight excluding hydrogens is 398 g/mol. The van der Waals surface area contributed by atoms with Crippen LogP contribution in [0.5, 0.6) is 11.5 Å². The summed E-state index contributed by atoms with van der Waals surface area (Å²) in [6, 6.07) is 26.1. The zero-order valence-electron chi connectivity index (χ0n) is 18.1. The number of ketones is 1. The predicted molar refractivity (Wildman–Crippen MR) is 125 cm³/mol. The summed E-state index contributed by atoms with van der Waals surface area (Å²) in [6.45, 7) is 2.86. The van der Waals surface area contributed by atoms with E-state index in [9.17, 15) is 4.79 Å². The molecule has 6 rings (SSSR count). The summed E-state index contributed by atoms with van der Waals surface area (Å²) >= 11 is 0. The third kappa shape index (κ3) is 4.54. The van der Waals surface area contributed by atoms with Gasteiger partial charge >= 0.3 is 0 Å². The molecule has 3 heterocycles. The Morgan fingerprint density at radius 1 is 0.781 bits per heavy atom. The number of carbonyl (C=O) groups excluding carboxylic acids is 1. The van der Waals surface area contributed by atoms with Crippen LogP contribution in [-0.2, 0) is 18.0 Å². The van der Waals surface area contributed by atoms with Crippen LogP contribution in [0.2, 0.25) is 0 Å². The van der Waals surface area contributed by atoms with Crippen LogP contribution in [0, 0.1) is 5.92 Å². The zero-order chi connectivity index (χ0) is 21.8. The van der Waals surface area contributed by atoms with E-state index < -0.39 is 0 Å². The van der Waals surface area contributed by atoms with Gasteiger partial charge in [0.2, 0.25) is 0 Å². The molecule has 0 aliphatic carbocycles. The lowest BCUT2D eigenvalue weighted by Crippen LogP contribution is -2.45. The van der Waals surface area contributed by atoms with Crippen molar-refractivity contribution >= 4 is 11.9 Å². The predicted octanol–water partition coefficient (Wildman–Crippen LogP) is 5.48. The molecule has 3 aromatic carbocycles. The minimum absolute atomic E-state index is 0.188. The Morgan fingerprint density at radius 2 is 1.38 bits per heavy atom. The van der Waals surface area contributed by atoms with Crippen molar-refractivity contribution in [1.82, 2.24) is 4.90 Å². The minimum atomic E-state index is 0.188. The maximum absolute atomic E-state index is 12.7. The first-order chi connectivity index (χ1) is 15.8. The van der Waals surface area contributed by atoms with Gasteiger partial charge in [-0.3, -0.25) is 4.79 Å². The molecule has 0 saturated carbocycles. The maximum atomic E-state index is 12.7. The first kappa shape index (κ1) is 20.4. The van der Waals surface area contributed by atoms with Gasteiger partial charge < -0.3 is 14.4 Å². The molecule has 0 unspecified atom stereocenters. The van der Waals surface area contributed by atoms with Crippen molar-refractivity contribution in [3.05, 3.63) is 101 Å². The van der Waals surface area contributed by atoms with Crippen LogP contribution in [0.4, 0.5) is 0 Å². The molecule has 3 aliphatic heterocycles. The second-order valence-electron chi connectivity index (χ2n) is 8.41. The molecule has 0 amide bonds. The topological polar surface area (TPSA) is 38.8 Å². The first-order valence-corrected chi connectivity index (χ1v) is 11.2. The third-order valence-electron chi connectivity index (χ3n) is 6.20. The number of hydrogen-bond acceptors (Lipinski definition) is 4. The summed E-state index contributed by atoms with van der Waals surface area (Å²) in [7, 11) is 0. The highest BCUT2D eigenvalue weighted by Gasteiger charge is 2.36. The van der Waals surface area contributed by atoms with Crippen molar-refractivity contribution in [2.45, 2.75) is 26.1 Å². The van der Waals surface area contributed by atoms with Gasteiger partial charge in [0.05, 0.1) is 5.70 Å². The SMILES string of the molecule is O=C1/C(=C\c2ccc(OCc3ccccc3)c(OCc3ccccc3)c2)N2CCC1CC2. The number of Topliss-reactive ketones (excluding diaryl/α,β-unsaturated/α-hetero) is 1. The molecule has 32 heavy (non-hydrogen) atoms. The highest BCUT2D eigenvalue weighted by molar-refractivity contribution is 6.01. The quantitative estimate of drug-likeness (QED) is 0.470. The Labute approximate surface area is 189 Å². The van der Waals surface area contributed by atoms with Crippen LogP contribution in [0.15, 0.2) is 84.6 Å². The van der Waals surface area contributed by atoms with Crippen LogP contribution >= 0.6 is 0 Å². The van der Waals surface area contributed by atoms with Gasteiger partial charge in [-0.1, -0.05) is 66.7 Å². The van der Waals surface area contributed by atoms with Crippen LogP contribution in [0.1, 0.15) is 29.5 Å². The molecule has 0 radical (unpaired) electrons. The molecule has 0 atom stereocenters. The average molecular weight is 426 g/mol. The first-order valence-electron chi connectivity index (χ1n) is 11.2. The fourth-order valence-electron chi connectivity index (χ4n) is 4.38. The van der Waals surface area contributed by atoms with E-state index in [0.717, 1.165) is 48.3 Å². The number of benzene rings is 3. The Morgan fingerprint density at radius 3 is 1.97 bits per heavy atom. The Balaban J connectivity index is 1.40. The number of fused-ring (bicyclic) bond motifs is 3. The van der Waals surface area contributed by atoms with Gasteiger partial charge in [0.1, 0.15) is 13.2 Å². The Kier molecular flexibility index (Phi) is 5.93. The summed E-state index contributed by atoms with van der Waals surface area (Å²) in [6.07, 6.45) is 3.96. The van der Waals surface area contributed by atoms with E-state index in [-0.39, 0.29) is 11.7 Å². The number of rotatable bonds is 7. The molecule has 3 saturated heterocycles. The number of allylic oxidation sites excluding steroid dienone is 1. The van der Waals surface area contributed by atoms with E-state index in [2.05, 4.69) is 4.90 Å². The lowest BCUT2D eigenvalue weighted by molar-refractivity contribution is -0.125. The van der Waals surface area contributed by atoms with Gasteiger partial charge in [0.15, 0.2) is 17.3 Å². The van der Waals surface area contributed by atoms with Crippen LogP contribution in [0.25, 0.3) is 6.08 Å². The normalized spacial score (nSPS) is 17.1. The molecular formula is C28H27NO3. The fourth-order valence-corrected chi connectivity index (χ4v) is 4.38. The van der Waals surface area contributed by atoms with E-state index in [1.54, 1.807) is 0 Å². The van der Waals surface area contributed by atoms with Gasteiger partial charge in [-0.05, 0) is 47.7 Å². The number of ether oxygens (including phenoxy) is 2. The van der Waals surface area contributed by atoms with Gasteiger partial charge in [0.25, 0.3) is 0 Å². The number of hydrogen-bond donors (Lipinski definition) is 0. The molecule has 3 fully saturated rings. The van der Waals surface area contributed by atoms with Crippen molar-refractivity contribution in [2.24, 2.45) is 5.92 Å². The molecule has 2 bridgehead atoms. The molecule has 0 N–H and O–H groups in total. The van der Waals surface area contributed by atoms with Gasteiger partial charge in [-0.15, -0.1) is 0 Å². The van der Waals surface area contributed by atoms with Crippen LogP contribution in [-0.4, -0.2) is 23.8 Å². The maximum Gasteiger partial charge on any atom is 0.182 e. The zero-order valence-corrected chi connectivity index (χ0v) is 18.1. The third-order valence-corrected chi connectivity index (χ3v) is 6.20. The number of nitrogens with zero attached hydrogens (tertiary/aromatic N) is 1. The van der Waals surface area contributed by atoms with E-state index in [4.69, 9.17) is 9.47 Å². The number of carbonyl (C=O) groups is 1. The summed E-state index contributed by atoms with van der Waals surface area (Å²) in [5.74, 6) is 1.85. The second-order valence-corrected chi connectivity index (χ2v) is 8.41. The molecule has 4 nitrogen and oxygen atoms in total. The lowest BCUT2D eigenvalue weighted by atomic mass is 9.84. The molecule has 0 spiro atoms. The molecule has 3 aliphatic rings. The van der Waals surface area contributed by atoms with Crippen molar-refractivity contribution in [1.29, 1.82) is 0 Å². The largest absolute Gasteiger partial charge is 0.485 e. The Bertz CT molecular complexity index is 1100. The van der Waals surface area contributed by atoms with Crippen LogP contribution in [0.3, 0.4) is 0 Å². The lowest BCUT2D eigenvalue weighted by Gasteiger charge is -2.41. The van der Waals surface area contributed by atoms with Crippen molar-refractivity contribution in [3.63, 3.8) is 0 Å². The second kappa shape index (κ2) is 9.31. The summed E-state index contributed by atoms with van der Waals surface area (Å²) in [5.41, 5.74) is 3.98. The van der Waals surface area contributed by atoms with Crippen molar-refractivity contribution in [3.8, 4) is 11.5 Å². The summed E-state index contributed by atoms with van der Waals surface area (Å²) in [4.78, 5) is 15.0. The fraction of sp³-hybridized carbons (Fsp3) is 0.250. The molecule has 3 aromatic rings. The van der Waals surface area contributed by atoms with E-state index in [0.29, 0.717) is 24.7 Å². The van der Waals surface area contributed by atoms with Gasteiger partial charge in [-0.2, -0.15) is 0 Å². The Hall–Kier alpha value is -3.53. The summed E-state index contributed by atoms with van der Waals surface area (Å²) in [5, 5.41) is 0. The van der Waals surface area contributed by atoms with E-state index in [1.165, 1.54) is 0 Å². The van der Waals surface area contributed by atoms with Crippen molar-refractivity contribution in [2.75, 3.05) is 13.1 Å². The smallest absolute Gasteiger partial charge is 0.182 e. The van der Waals surface area contributed by atoms with E-state index >= 15 is 0 Å². The molecule has 162 valence electrons. The van der Waals surface area contributed by atoms with Gasteiger partial charge in [0, 0.05) is 19.0 Å².